The lowest BCUT2D eigenvalue weighted by atomic mass is 10.2. The van der Waals surface area contributed by atoms with Crippen LogP contribution in [0.1, 0.15) is 16.1 Å². The topological polar surface area (TPSA) is 111 Å². The molecule has 0 atom stereocenters. The van der Waals surface area contributed by atoms with E-state index >= 15 is 0 Å². The Morgan fingerprint density at radius 1 is 1.30 bits per heavy atom. The standard InChI is InChI=1S/C15H9ClFN5O3S2/c16-10-5-18-14(26-7-8-1-3-9(17)4-2-8)20-12(10)13(23)21-15-19-6-11(27-15)22(24)25/h1-6H,7H2,(H,19,21,23). The Hall–Kier alpha value is -2.63. The van der Waals surface area contributed by atoms with Gasteiger partial charge in [0.2, 0.25) is 0 Å². The minimum Gasteiger partial charge on any atom is -0.296 e. The first kappa shape index (κ1) is 19.1. The predicted octanol–water partition coefficient (Wildman–Crippen LogP) is 4.18. The van der Waals surface area contributed by atoms with Crippen LogP contribution in [0.5, 0.6) is 0 Å². The number of nitrogens with zero attached hydrogens (tertiary/aromatic N) is 4. The van der Waals surface area contributed by atoms with Gasteiger partial charge in [-0.1, -0.05) is 35.5 Å². The molecule has 1 amide bonds. The number of rotatable bonds is 6. The second kappa shape index (κ2) is 8.37. The summed E-state index contributed by atoms with van der Waals surface area (Å²) >= 11 is 7.95. The number of amides is 1. The molecule has 2 aromatic heterocycles. The molecule has 138 valence electrons. The quantitative estimate of drug-likeness (QED) is 0.273. The fourth-order valence-electron chi connectivity index (χ4n) is 1.87. The van der Waals surface area contributed by atoms with Crippen molar-refractivity contribution in [1.82, 2.24) is 15.0 Å². The van der Waals surface area contributed by atoms with Crippen molar-refractivity contribution in [1.29, 1.82) is 0 Å². The molecule has 3 rings (SSSR count). The molecule has 0 saturated carbocycles. The second-order valence-electron chi connectivity index (χ2n) is 4.98. The summed E-state index contributed by atoms with van der Waals surface area (Å²) in [5, 5.41) is 13.3. The zero-order valence-corrected chi connectivity index (χ0v) is 15.6. The molecule has 2 heterocycles. The Kier molecular flexibility index (Phi) is 5.94. The Bertz CT molecular complexity index is 999. The Labute approximate surface area is 165 Å². The first-order valence-electron chi connectivity index (χ1n) is 7.23. The number of hydrogen-bond donors (Lipinski definition) is 1. The van der Waals surface area contributed by atoms with Gasteiger partial charge in [-0.2, -0.15) is 0 Å². The summed E-state index contributed by atoms with van der Waals surface area (Å²) in [5.41, 5.74) is 0.784. The predicted molar refractivity (Wildman–Crippen MR) is 99.7 cm³/mol. The lowest BCUT2D eigenvalue weighted by Crippen LogP contribution is -2.15. The van der Waals surface area contributed by atoms with Crippen LogP contribution in [-0.4, -0.2) is 25.8 Å². The van der Waals surface area contributed by atoms with E-state index in [1.807, 2.05) is 0 Å². The summed E-state index contributed by atoms with van der Waals surface area (Å²) in [4.78, 5) is 34.3. The van der Waals surface area contributed by atoms with Gasteiger partial charge in [-0.15, -0.1) is 0 Å². The maximum absolute atomic E-state index is 12.9. The molecule has 0 fully saturated rings. The molecule has 3 aromatic rings. The monoisotopic (exact) mass is 425 g/mol. The van der Waals surface area contributed by atoms with Gasteiger partial charge >= 0.3 is 5.00 Å². The lowest BCUT2D eigenvalue weighted by molar-refractivity contribution is -0.380. The molecule has 1 N–H and O–H groups in total. The van der Waals surface area contributed by atoms with E-state index in [1.165, 1.54) is 30.1 Å². The number of carbonyl (C=O) groups is 1. The molecule has 1 aromatic carbocycles. The zero-order chi connectivity index (χ0) is 19.4. The van der Waals surface area contributed by atoms with E-state index in [-0.39, 0.29) is 26.7 Å². The van der Waals surface area contributed by atoms with Gasteiger partial charge in [0.15, 0.2) is 16.0 Å². The first-order valence-corrected chi connectivity index (χ1v) is 9.42. The maximum Gasteiger partial charge on any atom is 0.345 e. The van der Waals surface area contributed by atoms with Crippen LogP contribution in [0.25, 0.3) is 0 Å². The van der Waals surface area contributed by atoms with Crippen molar-refractivity contribution in [2.45, 2.75) is 10.9 Å². The number of carbonyl (C=O) groups excluding carboxylic acids is 1. The third-order valence-corrected chi connectivity index (χ3v) is 5.19. The van der Waals surface area contributed by atoms with E-state index in [4.69, 9.17) is 11.6 Å². The van der Waals surface area contributed by atoms with Crippen LogP contribution in [0, 0.1) is 15.9 Å². The van der Waals surface area contributed by atoms with Crippen LogP contribution < -0.4 is 5.32 Å². The van der Waals surface area contributed by atoms with Crippen molar-refractivity contribution < 1.29 is 14.1 Å². The van der Waals surface area contributed by atoms with Crippen LogP contribution in [0.4, 0.5) is 14.5 Å². The Morgan fingerprint density at radius 2 is 2.04 bits per heavy atom. The molecule has 0 saturated heterocycles. The normalized spacial score (nSPS) is 10.6. The summed E-state index contributed by atoms with van der Waals surface area (Å²) < 4.78 is 12.9. The van der Waals surface area contributed by atoms with Crippen molar-refractivity contribution in [2.75, 3.05) is 5.32 Å². The molecule has 0 aliphatic carbocycles. The van der Waals surface area contributed by atoms with Gasteiger partial charge in [0, 0.05) is 5.75 Å². The summed E-state index contributed by atoms with van der Waals surface area (Å²) in [6.45, 7) is 0. The minimum absolute atomic E-state index is 0.0321. The van der Waals surface area contributed by atoms with E-state index in [0.717, 1.165) is 23.1 Å². The van der Waals surface area contributed by atoms with E-state index < -0.39 is 10.8 Å². The Balaban J connectivity index is 1.70. The van der Waals surface area contributed by atoms with Gasteiger partial charge in [0.05, 0.1) is 16.1 Å². The number of thiazole rings is 1. The molecular formula is C15H9ClFN5O3S2. The molecule has 0 bridgehead atoms. The molecule has 27 heavy (non-hydrogen) atoms. The first-order chi connectivity index (χ1) is 12.9. The van der Waals surface area contributed by atoms with Gasteiger partial charge in [-0.3, -0.25) is 20.2 Å². The summed E-state index contributed by atoms with van der Waals surface area (Å²) in [6.07, 6.45) is 2.34. The smallest absolute Gasteiger partial charge is 0.296 e. The fraction of sp³-hybridized carbons (Fsp3) is 0.0667. The number of aromatic nitrogens is 3. The van der Waals surface area contributed by atoms with Crippen LogP contribution in [0.3, 0.4) is 0 Å². The number of anilines is 1. The van der Waals surface area contributed by atoms with Gasteiger partial charge < -0.3 is 0 Å². The number of halogens is 2. The molecule has 0 aliphatic rings. The molecule has 0 aliphatic heterocycles. The van der Waals surface area contributed by atoms with E-state index in [1.54, 1.807) is 12.1 Å². The zero-order valence-electron chi connectivity index (χ0n) is 13.3. The average Bonchev–Trinajstić information content (AvgIpc) is 3.11. The largest absolute Gasteiger partial charge is 0.345 e. The fourth-order valence-corrected chi connectivity index (χ4v) is 3.45. The van der Waals surface area contributed by atoms with E-state index in [0.29, 0.717) is 10.9 Å². The van der Waals surface area contributed by atoms with Gasteiger partial charge in [0.1, 0.15) is 12.0 Å². The van der Waals surface area contributed by atoms with Crippen LogP contribution in [0.15, 0.2) is 41.8 Å². The molecule has 0 radical (unpaired) electrons. The maximum atomic E-state index is 12.9. The highest BCUT2D eigenvalue weighted by Crippen LogP contribution is 2.26. The number of hydrogen-bond acceptors (Lipinski definition) is 8. The summed E-state index contributed by atoms with van der Waals surface area (Å²) in [5.74, 6) is -0.509. The highest BCUT2D eigenvalue weighted by molar-refractivity contribution is 7.98. The number of nitro groups is 1. The van der Waals surface area contributed by atoms with Crippen molar-refractivity contribution >= 4 is 50.7 Å². The second-order valence-corrected chi connectivity index (χ2v) is 7.34. The van der Waals surface area contributed by atoms with Crippen molar-refractivity contribution in [3.63, 3.8) is 0 Å². The highest BCUT2D eigenvalue weighted by atomic mass is 35.5. The third kappa shape index (κ3) is 4.96. The van der Waals surface area contributed by atoms with Crippen LogP contribution in [-0.2, 0) is 5.75 Å². The van der Waals surface area contributed by atoms with E-state index in [2.05, 4.69) is 20.3 Å². The molecule has 12 heteroatoms. The van der Waals surface area contributed by atoms with Crippen molar-refractivity contribution in [3.05, 3.63) is 68.9 Å². The summed E-state index contributed by atoms with van der Waals surface area (Å²) in [6, 6.07) is 5.98. The molecule has 0 spiro atoms. The summed E-state index contributed by atoms with van der Waals surface area (Å²) in [7, 11) is 0. The highest BCUT2D eigenvalue weighted by Gasteiger charge is 2.18. The molecule has 0 unspecified atom stereocenters. The average molecular weight is 426 g/mol. The van der Waals surface area contributed by atoms with Crippen LogP contribution >= 0.6 is 34.7 Å². The minimum atomic E-state index is -0.657. The number of nitrogens with one attached hydrogen (secondary N) is 1. The third-order valence-electron chi connectivity index (χ3n) is 3.11. The van der Waals surface area contributed by atoms with Crippen molar-refractivity contribution in [2.24, 2.45) is 0 Å². The van der Waals surface area contributed by atoms with Gasteiger partial charge in [-0.05, 0) is 29.0 Å². The van der Waals surface area contributed by atoms with Crippen LogP contribution in [0.2, 0.25) is 5.02 Å². The molecule has 8 nitrogen and oxygen atoms in total. The van der Waals surface area contributed by atoms with Gasteiger partial charge in [-0.25, -0.2) is 19.3 Å². The van der Waals surface area contributed by atoms with Gasteiger partial charge in [0.25, 0.3) is 5.91 Å². The Morgan fingerprint density at radius 3 is 2.70 bits per heavy atom. The van der Waals surface area contributed by atoms with Crippen molar-refractivity contribution in [3.8, 4) is 0 Å². The number of benzene rings is 1. The van der Waals surface area contributed by atoms with E-state index in [9.17, 15) is 19.3 Å². The number of thioether (sulfide) groups is 1. The molecular weight excluding hydrogens is 417 g/mol. The SMILES string of the molecule is O=C(Nc1ncc([N+](=O)[O-])s1)c1nc(SCc2ccc(F)cc2)ncc1Cl. The lowest BCUT2D eigenvalue weighted by Gasteiger charge is -2.05.